The third kappa shape index (κ3) is 3.31. The molecule has 114 valence electrons. The highest BCUT2D eigenvalue weighted by Crippen LogP contribution is 2.36. The van der Waals surface area contributed by atoms with Gasteiger partial charge < -0.3 is 10.4 Å². The molecule has 0 bridgehead atoms. The molecule has 0 aromatic heterocycles. The van der Waals surface area contributed by atoms with Crippen LogP contribution in [0, 0.1) is 11.3 Å². The second-order valence-corrected chi connectivity index (χ2v) is 8.19. The Morgan fingerprint density at radius 2 is 1.85 bits per heavy atom. The molecule has 1 unspecified atom stereocenters. The molecule has 0 radical (unpaired) electrons. The van der Waals surface area contributed by atoms with E-state index in [9.17, 15) is 23.1 Å². The molecule has 1 amide bonds. The highest BCUT2D eigenvalue weighted by Gasteiger charge is 2.41. The molecule has 2 aliphatic rings. The van der Waals surface area contributed by atoms with Crippen LogP contribution in [0.5, 0.6) is 0 Å². The van der Waals surface area contributed by atoms with Gasteiger partial charge in [0.1, 0.15) is 0 Å². The maximum Gasteiger partial charge on any atom is 0.311 e. The zero-order chi connectivity index (χ0) is 14.8. The van der Waals surface area contributed by atoms with E-state index in [-0.39, 0.29) is 24.0 Å². The summed E-state index contributed by atoms with van der Waals surface area (Å²) in [6.07, 6.45) is 4.25. The number of rotatable bonds is 4. The van der Waals surface area contributed by atoms with Gasteiger partial charge in [-0.2, -0.15) is 0 Å². The number of hydrogen-bond donors (Lipinski definition) is 2. The molecule has 0 aromatic carbocycles. The number of amides is 1. The second-order valence-electron chi connectivity index (χ2n) is 5.96. The molecule has 0 aromatic rings. The van der Waals surface area contributed by atoms with Gasteiger partial charge in [0.05, 0.1) is 22.8 Å². The second kappa shape index (κ2) is 5.71. The number of nitrogens with one attached hydrogen (secondary N) is 1. The van der Waals surface area contributed by atoms with Gasteiger partial charge in [-0.15, -0.1) is 0 Å². The number of carboxylic acids is 1. The molecular formula is C13H21NO5S. The van der Waals surface area contributed by atoms with Crippen LogP contribution in [0.15, 0.2) is 0 Å². The van der Waals surface area contributed by atoms with Crippen LogP contribution >= 0.6 is 0 Å². The highest BCUT2D eigenvalue weighted by molar-refractivity contribution is 7.91. The molecule has 2 N–H and O–H groups in total. The molecule has 20 heavy (non-hydrogen) atoms. The average Bonchev–Trinajstić information content (AvgIpc) is 2.77. The molecule has 1 heterocycles. The number of hydrogen-bond acceptors (Lipinski definition) is 4. The first-order chi connectivity index (χ1) is 9.35. The van der Waals surface area contributed by atoms with Gasteiger partial charge in [0.2, 0.25) is 5.91 Å². The maximum atomic E-state index is 12.0. The predicted octanol–water partition coefficient (Wildman–Crippen LogP) is 0.572. The Balaban J connectivity index is 1.93. The zero-order valence-corrected chi connectivity index (χ0v) is 12.2. The number of carboxylic acid groups (broad SMARTS) is 1. The van der Waals surface area contributed by atoms with Crippen molar-refractivity contribution < 1.29 is 23.1 Å². The lowest BCUT2D eigenvalue weighted by atomic mass is 9.74. The minimum atomic E-state index is -3.09. The first kappa shape index (κ1) is 15.3. The fraction of sp³-hybridized carbons (Fsp3) is 0.846. The zero-order valence-electron chi connectivity index (χ0n) is 11.4. The number of aliphatic carboxylic acids is 1. The van der Waals surface area contributed by atoms with Crippen LogP contribution in [0.1, 0.15) is 38.5 Å². The van der Waals surface area contributed by atoms with Crippen LogP contribution in [0.3, 0.4) is 0 Å². The van der Waals surface area contributed by atoms with E-state index >= 15 is 0 Å². The SMILES string of the molecule is O=C(NCC1(C(=O)O)CCCCC1)C1CCS(=O)(=O)C1. The molecule has 2 rings (SSSR count). The Morgan fingerprint density at radius 1 is 1.20 bits per heavy atom. The van der Waals surface area contributed by atoms with Gasteiger partial charge in [-0.3, -0.25) is 9.59 Å². The molecule has 2 fully saturated rings. The highest BCUT2D eigenvalue weighted by atomic mass is 32.2. The maximum absolute atomic E-state index is 12.0. The van der Waals surface area contributed by atoms with Crippen molar-refractivity contribution in [2.24, 2.45) is 11.3 Å². The van der Waals surface area contributed by atoms with E-state index in [1.165, 1.54) is 0 Å². The quantitative estimate of drug-likeness (QED) is 0.791. The van der Waals surface area contributed by atoms with E-state index in [2.05, 4.69) is 5.32 Å². The Morgan fingerprint density at radius 3 is 2.35 bits per heavy atom. The minimum Gasteiger partial charge on any atom is -0.481 e. The lowest BCUT2D eigenvalue weighted by Crippen LogP contribution is -2.46. The summed E-state index contributed by atoms with van der Waals surface area (Å²) in [7, 11) is -3.09. The molecule has 6 nitrogen and oxygen atoms in total. The molecule has 1 saturated carbocycles. The van der Waals surface area contributed by atoms with Crippen molar-refractivity contribution in [2.45, 2.75) is 38.5 Å². The first-order valence-corrected chi connectivity index (χ1v) is 8.88. The van der Waals surface area contributed by atoms with Crippen LogP contribution in [0.4, 0.5) is 0 Å². The number of carbonyl (C=O) groups is 2. The summed E-state index contributed by atoms with van der Waals surface area (Å²) in [5.41, 5.74) is -0.870. The monoisotopic (exact) mass is 303 g/mol. The summed E-state index contributed by atoms with van der Waals surface area (Å²) in [5.74, 6) is -1.77. The third-order valence-electron chi connectivity index (χ3n) is 4.47. The Bertz CT molecular complexity index is 493. The number of carbonyl (C=O) groups excluding carboxylic acids is 1. The first-order valence-electron chi connectivity index (χ1n) is 7.06. The van der Waals surface area contributed by atoms with Gasteiger partial charge >= 0.3 is 5.97 Å². The largest absolute Gasteiger partial charge is 0.481 e. The molecular weight excluding hydrogens is 282 g/mol. The van der Waals surface area contributed by atoms with Crippen LogP contribution in [0.2, 0.25) is 0 Å². The molecule has 1 aliphatic carbocycles. The molecule has 1 aliphatic heterocycles. The molecule has 1 saturated heterocycles. The van der Waals surface area contributed by atoms with E-state index in [0.29, 0.717) is 19.3 Å². The summed E-state index contributed by atoms with van der Waals surface area (Å²) >= 11 is 0. The molecule has 1 atom stereocenters. The molecule has 7 heteroatoms. The summed E-state index contributed by atoms with van der Waals surface area (Å²) in [6.45, 7) is 0.109. The van der Waals surface area contributed by atoms with Gasteiger partial charge in [0.25, 0.3) is 0 Å². The van der Waals surface area contributed by atoms with Crippen LogP contribution in [-0.4, -0.2) is 43.5 Å². The van der Waals surface area contributed by atoms with Crippen LogP contribution in [0.25, 0.3) is 0 Å². The summed E-state index contributed by atoms with van der Waals surface area (Å²) < 4.78 is 22.7. The lowest BCUT2D eigenvalue weighted by Gasteiger charge is -2.33. The van der Waals surface area contributed by atoms with E-state index in [0.717, 1.165) is 19.3 Å². The number of sulfone groups is 1. The van der Waals surface area contributed by atoms with E-state index in [1.807, 2.05) is 0 Å². The Hall–Kier alpha value is -1.11. The molecule has 0 spiro atoms. The van der Waals surface area contributed by atoms with Gasteiger partial charge in [-0.05, 0) is 19.3 Å². The van der Waals surface area contributed by atoms with E-state index in [4.69, 9.17) is 0 Å². The Labute approximate surface area is 118 Å². The van der Waals surface area contributed by atoms with Crippen molar-refractivity contribution in [1.29, 1.82) is 0 Å². The van der Waals surface area contributed by atoms with Crippen molar-refractivity contribution >= 4 is 21.7 Å². The fourth-order valence-electron chi connectivity index (χ4n) is 3.10. The average molecular weight is 303 g/mol. The van der Waals surface area contributed by atoms with Gasteiger partial charge in [0.15, 0.2) is 9.84 Å². The van der Waals surface area contributed by atoms with Crippen molar-refractivity contribution in [3.05, 3.63) is 0 Å². The third-order valence-corrected chi connectivity index (χ3v) is 6.24. The van der Waals surface area contributed by atoms with Crippen molar-refractivity contribution in [3.8, 4) is 0 Å². The summed E-state index contributed by atoms with van der Waals surface area (Å²) in [5, 5.41) is 12.1. The van der Waals surface area contributed by atoms with Crippen LogP contribution < -0.4 is 5.32 Å². The van der Waals surface area contributed by atoms with E-state index < -0.39 is 27.1 Å². The normalized spacial score (nSPS) is 27.9. The van der Waals surface area contributed by atoms with E-state index in [1.54, 1.807) is 0 Å². The topological polar surface area (TPSA) is 101 Å². The predicted molar refractivity (Wildman–Crippen MR) is 72.9 cm³/mol. The van der Waals surface area contributed by atoms with Crippen LogP contribution in [-0.2, 0) is 19.4 Å². The Kier molecular flexibility index (Phi) is 4.36. The summed E-state index contributed by atoms with van der Waals surface area (Å²) in [4.78, 5) is 23.4. The fourth-order valence-corrected chi connectivity index (χ4v) is 4.84. The van der Waals surface area contributed by atoms with Crippen molar-refractivity contribution in [3.63, 3.8) is 0 Å². The lowest BCUT2D eigenvalue weighted by molar-refractivity contribution is -0.151. The standard InChI is InChI=1S/C13H21NO5S/c15-11(10-4-7-20(18,19)8-10)14-9-13(12(16)17)5-2-1-3-6-13/h10H,1-9H2,(H,14,15)(H,16,17). The minimum absolute atomic E-state index is 0.0508. The summed E-state index contributed by atoms with van der Waals surface area (Å²) in [6, 6.07) is 0. The van der Waals surface area contributed by atoms with Gasteiger partial charge in [0, 0.05) is 6.54 Å². The van der Waals surface area contributed by atoms with Crippen molar-refractivity contribution in [2.75, 3.05) is 18.1 Å². The van der Waals surface area contributed by atoms with Gasteiger partial charge in [-0.1, -0.05) is 19.3 Å². The van der Waals surface area contributed by atoms with Gasteiger partial charge in [-0.25, -0.2) is 8.42 Å². The van der Waals surface area contributed by atoms with Crippen molar-refractivity contribution in [1.82, 2.24) is 5.32 Å². The smallest absolute Gasteiger partial charge is 0.311 e.